The molecule has 0 unspecified atom stereocenters. The van der Waals surface area contributed by atoms with Crippen LogP contribution >= 0.6 is 0 Å². The second kappa shape index (κ2) is 4.06. The molecule has 1 heterocycles. The van der Waals surface area contributed by atoms with Gasteiger partial charge in [0.1, 0.15) is 0 Å². The summed E-state index contributed by atoms with van der Waals surface area (Å²) in [6.45, 7) is 2.12. The first-order valence-corrected chi connectivity index (χ1v) is 3.86. The van der Waals surface area contributed by atoms with Crippen molar-refractivity contribution in [3.63, 3.8) is 0 Å². The normalized spacial score (nSPS) is 18.3. The minimum Gasteiger partial charge on any atom is -0.481 e. The summed E-state index contributed by atoms with van der Waals surface area (Å²) in [5.74, 6) is -0.776. The predicted molar refractivity (Wildman–Crippen MR) is 41.7 cm³/mol. The fourth-order valence-corrected chi connectivity index (χ4v) is 1.21. The molecule has 12 heavy (non-hydrogen) atoms. The van der Waals surface area contributed by atoms with Gasteiger partial charge in [-0.1, -0.05) is 0 Å². The van der Waals surface area contributed by atoms with E-state index in [-0.39, 0.29) is 12.5 Å². The maximum absolute atomic E-state index is 10.2. The Labute approximate surface area is 70.4 Å². The van der Waals surface area contributed by atoms with Crippen LogP contribution < -0.4 is 5.32 Å². The molecule has 0 bridgehead atoms. The Kier molecular flexibility index (Phi) is 3.04. The number of carbonyl (C=O) groups is 2. The predicted octanol–water partition coefficient (Wildman–Crippen LogP) is -1.11. The van der Waals surface area contributed by atoms with Crippen molar-refractivity contribution < 1.29 is 14.7 Å². The Balaban J connectivity index is 2.01. The molecule has 0 spiro atoms. The summed E-state index contributed by atoms with van der Waals surface area (Å²) in [6, 6.07) is 0.219. The van der Waals surface area contributed by atoms with E-state index in [9.17, 15) is 9.59 Å². The van der Waals surface area contributed by atoms with E-state index in [0.29, 0.717) is 13.0 Å². The number of carboxylic acids is 1. The van der Waals surface area contributed by atoms with E-state index >= 15 is 0 Å². The van der Waals surface area contributed by atoms with E-state index in [2.05, 4.69) is 5.32 Å². The van der Waals surface area contributed by atoms with Crippen molar-refractivity contribution in [1.82, 2.24) is 10.2 Å². The average molecular weight is 172 g/mol. The monoisotopic (exact) mass is 172 g/mol. The zero-order valence-corrected chi connectivity index (χ0v) is 6.69. The Morgan fingerprint density at radius 1 is 1.67 bits per heavy atom. The molecule has 5 nitrogen and oxygen atoms in total. The van der Waals surface area contributed by atoms with Crippen molar-refractivity contribution in [2.75, 3.05) is 19.6 Å². The minimum atomic E-state index is -0.776. The lowest BCUT2D eigenvalue weighted by Crippen LogP contribution is -2.57. The number of hydrogen-bond acceptors (Lipinski definition) is 3. The lowest BCUT2D eigenvalue weighted by atomic mass is 10.1. The maximum atomic E-state index is 10.2. The van der Waals surface area contributed by atoms with Gasteiger partial charge in [-0.25, -0.2) is 0 Å². The van der Waals surface area contributed by atoms with Crippen LogP contribution in [-0.2, 0) is 9.59 Å². The number of nitrogens with zero attached hydrogens (tertiary/aromatic N) is 1. The summed E-state index contributed by atoms with van der Waals surface area (Å²) < 4.78 is 0. The molecule has 0 aromatic carbocycles. The third-order valence-corrected chi connectivity index (χ3v) is 1.90. The molecule has 1 fully saturated rings. The molecule has 1 amide bonds. The van der Waals surface area contributed by atoms with Crippen LogP contribution in [0, 0.1) is 0 Å². The van der Waals surface area contributed by atoms with Crippen LogP contribution in [0.2, 0.25) is 0 Å². The molecular weight excluding hydrogens is 160 g/mol. The number of amides is 1. The number of rotatable bonds is 5. The summed E-state index contributed by atoms with van der Waals surface area (Å²) >= 11 is 0. The van der Waals surface area contributed by atoms with Gasteiger partial charge < -0.3 is 10.4 Å². The average Bonchev–Trinajstić information content (AvgIpc) is 1.93. The smallest absolute Gasteiger partial charge is 0.304 e. The second-order valence-corrected chi connectivity index (χ2v) is 2.88. The van der Waals surface area contributed by atoms with Crippen molar-refractivity contribution in [3.05, 3.63) is 0 Å². The number of likely N-dealkylation sites (tertiary alicyclic amines) is 1. The van der Waals surface area contributed by atoms with Crippen LogP contribution in [0.3, 0.4) is 0 Å². The van der Waals surface area contributed by atoms with E-state index < -0.39 is 5.97 Å². The van der Waals surface area contributed by atoms with Gasteiger partial charge in [-0.15, -0.1) is 0 Å². The first kappa shape index (κ1) is 8.99. The van der Waals surface area contributed by atoms with Gasteiger partial charge in [0, 0.05) is 19.6 Å². The number of carbonyl (C=O) groups excluding carboxylic acids is 1. The van der Waals surface area contributed by atoms with Crippen LogP contribution in [0.4, 0.5) is 0 Å². The molecule has 1 aliphatic heterocycles. The molecule has 0 aliphatic carbocycles. The summed E-state index contributed by atoms with van der Waals surface area (Å²) in [4.78, 5) is 22.1. The molecule has 0 atom stereocenters. The molecule has 1 rings (SSSR count). The van der Waals surface area contributed by atoms with Crippen molar-refractivity contribution in [1.29, 1.82) is 0 Å². The Bertz CT molecular complexity index is 177. The minimum absolute atomic E-state index is 0.174. The molecule has 1 aliphatic rings. The lowest BCUT2D eigenvalue weighted by molar-refractivity contribution is -0.137. The van der Waals surface area contributed by atoms with Crippen molar-refractivity contribution >= 4 is 12.4 Å². The quantitative estimate of drug-likeness (QED) is 0.516. The van der Waals surface area contributed by atoms with Crippen LogP contribution in [-0.4, -0.2) is 48.1 Å². The molecule has 5 heteroatoms. The zero-order chi connectivity index (χ0) is 8.97. The fraction of sp³-hybridized carbons (Fsp3) is 0.714. The summed E-state index contributed by atoms with van der Waals surface area (Å²) in [7, 11) is 0. The van der Waals surface area contributed by atoms with Crippen LogP contribution in [0.25, 0.3) is 0 Å². The van der Waals surface area contributed by atoms with Gasteiger partial charge >= 0.3 is 5.97 Å². The van der Waals surface area contributed by atoms with Crippen molar-refractivity contribution in [2.45, 2.75) is 12.5 Å². The van der Waals surface area contributed by atoms with Gasteiger partial charge in [0.2, 0.25) is 6.41 Å². The van der Waals surface area contributed by atoms with Gasteiger partial charge in [0.05, 0.1) is 12.5 Å². The SMILES string of the molecule is O=CNC1CN(CCC(=O)O)C1. The zero-order valence-electron chi connectivity index (χ0n) is 6.69. The largest absolute Gasteiger partial charge is 0.481 e. The number of aliphatic carboxylic acids is 1. The topological polar surface area (TPSA) is 69.6 Å². The molecule has 0 aromatic rings. The first-order valence-electron chi connectivity index (χ1n) is 3.86. The van der Waals surface area contributed by atoms with E-state index in [4.69, 9.17) is 5.11 Å². The van der Waals surface area contributed by atoms with Crippen molar-refractivity contribution in [3.8, 4) is 0 Å². The van der Waals surface area contributed by atoms with E-state index in [1.54, 1.807) is 0 Å². The van der Waals surface area contributed by atoms with E-state index in [1.807, 2.05) is 4.90 Å². The number of carboxylic acid groups (broad SMARTS) is 1. The summed E-state index contributed by atoms with van der Waals surface area (Å²) in [5, 5.41) is 11.0. The fourth-order valence-electron chi connectivity index (χ4n) is 1.21. The van der Waals surface area contributed by atoms with Gasteiger partial charge in [0.15, 0.2) is 0 Å². The number of nitrogens with one attached hydrogen (secondary N) is 1. The molecule has 0 radical (unpaired) electrons. The third kappa shape index (κ3) is 2.50. The highest BCUT2D eigenvalue weighted by molar-refractivity contribution is 5.66. The summed E-state index contributed by atoms with van der Waals surface area (Å²) in [5.41, 5.74) is 0. The van der Waals surface area contributed by atoms with Gasteiger partial charge in [-0.2, -0.15) is 0 Å². The van der Waals surface area contributed by atoms with Gasteiger partial charge in [0.25, 0.3) is 0 Å². The second-order valence-electron chi connectivity index (χ2n) is 2.88. The van der Waals surface area contributed by atoms with Crippen LogP contribution in [0.15, 0.2) is 0 Å². The first-order chi connectivity index (χ1) is 5.72. The Morgan fingerprint density at radius 3 is 2.83 bits per heavy atom. The highest BCUT2D eigenvalue weighted by atomic mass is 16.4. The Morgan fingerprint density at radius 2 is 2.33 bits per heavy atom. The van der Waals surface area contributed by atoms with E-state index in [1.165, 1.54) is 0 Å². The third-order valence-electron chi connectivity index (χ3n) is 1.90. The lowest BCUT2D eigenvalue weighted by Gasteiger charge is -2.38. The van der Waals surface area contributed by atoms with Crippen LogP contribution in [0.5, 0.6) is 0 Å². The number of hydrogen-bond donors (Lipinski definition) is 2. The molecule has 1 saturated heterocycles. The molecule has 68 valence electrons. The molecule has 0 saturated carbocycles. The summed E-state index contributed by atoms with van der Waals surface area (Å²) in [6.07, 6.45) is 0.854. The highest BCUT2D eigenvalue weighted by Gasteiger charge is 2.25. The molecule has 0 aromatic heterocycles. The standard InChI is InChI=1S/C7H12N2O3/c10-5-8-6-3-9(4-6)2-1-7(11)12/h5-6H,1-4H2,(H,8,10)(H,11,12). The molecule has 2 N–H and O–H groups in total. The van der Waals surface area contributed by atoms with Gasteiger partial charge in [-0.05, 0) is 0 Å². The maximum Gasteiger partial charge on any atom is 0.304 e. The van der Waals surface area contributed by atoms with Crippen molar-refractivity contribution in [2.24, 2.45) is 0 Å². The van der Waals surface area contributed by atoms with E-state index in [0.717, 1.165) is 13.1 Å². The van der Waals surface area contributed by atoms with Gasteiger partial charge in [-0.3, -0.25) is 14.5 Å². The highest BCUT2D eigenvalue weighted by Crippen LogP contribution is 2.06. The van der Waals surface area contributed by atoms with Crippen LogP contribution in [0.1, 0.15) is 6.42 Å². The molecular formula is C7H12N2O3. The Hall–Kier alpha value is -1.10.